The number of hydrogen-bond donors (Lipinski definition) is 3. The van der Waals surface area contributed by atoms with E-state index in [2.05, 4.69) is 16.0 Å². The van der Waals surface area contributed by atoms with Gasteiger partial charge in [0, 0.05) is 27.8 Å². The molecular formula is C40H37N3O7S. The van der Waals surface area contributed by atoms with Crippen LogP contribution in [0, 0.1) is 0 Å². The van der Waals surface area contributed by atoms with Crippen molar-refractivity contribution < 1.29 is 33.3 Å². The second-order valence-corrected chi connectivity index (χ2v) is 12.1. The SMILES string of the molecule is COc1ccc(OC)c(NC(=O)C(Sc2ccc(NC(=O)/C(=C/c3cccc(OC)c3OC)NC(=O)c3ccccc3)cc2)c2ccccc2)c1. The number of hydrogen-bond acceptors (Lipinski definition) is 8. The monoisotopic (exact) mass is 703 g/mol. The van der Waals surface area contributed by atoms with E-state index in [0.717, 1.165) is 10.5 Å². The zero-order chi connectivity index (χ0) is 36.2. The molecular weight excluding hydrogens is 667 g/mol. The third-order valence-electron chi connectivity index (χ3n) is 7.63. The average molecular weight is 704 g/mol. The van der Waals surface area contributed by atoms with E-state index >= 15 is 0 Å². The molecule has 5 aromatic rings. The Balaban J connectivity index is 1.38. The fourth-order valence-corrected chi connectivity index (χ4v) is 6.11. The van der Waals surface area contributed by atoms with Gasteiger partial charge in [0.25, 0.3) is 11.8 Å². The molecule has 0 aliphatic carbocycles. The number of methoxy groups -OCH3 is 4. The Bertz CT molecular complexity index is 2000. The summed E-state index contributed by atoms with van der Waals surface area (Å²) in [5.74, 6) is 0.682. The Labute approximate surface area is 300 Å². The average Bonchev–Trinajstić information content (AvgIpc) is 3.17. The zero-order valence-electron chi connectivity index (χ0n) is 28.5. The first-order valence-corrected chi connectivity index (χ1v) is 16.7. The first-order chi connectivity index (χ1) is 24.8. The third-order valence-corrected chi connectivity index (χ3v) is 8.90. The van der Waals surface area contributed by atoms with Crippen LogP contribution in [0.4, 0.5) is 11.4 Å². The molecule has 3 N–H and O–H groups in total. The molecule has 11 heteroatoms. The van der Waals surface area contributed by atoms with Gasteiger partial charge >= 0.3 is 0 Å². The van der Waals surface area contributed by atoms with Crippen LogP contribution in [0.5, 0.6) is 23.0 Å². The van der Waals surface area contributed by atoms with Gasteiger partial charge in [-0.2, -0.15) is 0 Å². The van der Waals surface area contributed by atoms with Gasteiger partial charge < -0.3 is 34.9 Å². The Hall–Kier alpha value is -6.20. The minimum atomic E-state index is -0.622. The summed E-state index contributed by atoms with van der Waals surface area (Å²) in [6.45, 7) is 0. The molecule has 0 aliphatic rings. The molecule has 260 valence electrons. The van der Waals surface area contributed by atoms with E-state index in [0.29, 0.717) is 45.5 Å². The maximum Gasteiger partial charge on any atom is 0.272 e. The Morgan fingerprint density at radius 1 is 0.667 bits per heavy atom. The fraction of sp³-hybridized carbons (Fsp3) is 0.125. The molecule has 0 saturated heterocycles. The zero-order valence-corrected chi connectivity index (χ0v) is 29.3. The molecule has 3 amide bonds. The van der Waals surface area contributed by atoms with E-state index in [1.54, 1.807) is 86.0 Å². The van der Waals surface area contributed by atoms with Crippen molar-refractivity contribution in [2.24, 2.45) is 0 Å². The number of para-hydroxylation sites is 1. The molecule has 0 bridgehead atoms. The smallest absolute Gasteiger partial charge is 0.272 e. The largest absolute Gasteiger partial charge is 0.497 e. The molecule has 1 atom stereocenters. The van der Waals surface area contributed by atoms with E-state index in [1.165, 1.54) is 39.2 Å². The van der Waals surface area contributed by atoms with Crippen molar-refractivity contribution >= 4 is 46.9 Å². The van der Waals surface area contributed by atoms with Crippen molar-refractivity contribution in [2.75, 3.05) is 39.1 Å². The van der Waals surface area contributed by atoms with E-state index in [1.807, 2.05) is 42.5 Å². The van der Waals surface area contributed by atoms with E-state index in [4.69, 9.17) is 18.9 Å². The second-order valence-electron chi connectivity index (χ2n) is 10.9. The van der Waals surface area contributed by atoms with Gasteiger partial charge in [0.1, 0.15) is 22.4 Å². The molecule has 1 unspecified atom stereocenters. The van der Waals surface area contributed by atoms with Crippen LogP contribution in [0.2, 0.25) is 0 Å². The van der Waals surface area contributed by atoms with Crippen molar-refractivity contribution in [3.05, 3.63) is 144 Å². The highest BCUT2D eigenvalue weighted by molar-refractivity contribution is 8.00. The Morgan fingerprint density at radius 3 is 2.00 bits per heavy atom. The summed E-state index contributed by atoms with van der Waals surface area (Å²) in [5.41, 5.74) is 2.66. The summed E-state index contributed by atoms with van der Waals surface area (Å²) < 4.78 is 21.8. The first-order valence-electron chi connectivity index (χ1n) is 15.8. The lowest BCUT2D eigenvalue weighted by Gasteiger charge is -2.19. The standard InChI is InChI=1S/C40H37N3O7S/c1-47-30-20-23-34(48-2)32(25-30)42-40(46)37(26-12-7-5-8-13-26)51-31-21-18-29(19-22-31)41-39(45)33(43-38(44)27-14-9-6-10-15-27)24-28-16-11-17-35(49-3)36(28)50-4/h5-25,37H,1-4H3,(H,41,45)(H,42,46)(H,43,44)/b33-24-. The van der Waals surface area contributed by atoms with Crippen molar-refractivity contribution in [3.8, 4) is 23.0 Å². The molecule has 0 aliphatic heterocycles. The lowest BCUT2D eigenvalue weighted by molar-refractivity contribution is -0.116. The molecule has 0 aromatic heterocycles. The van der Waals surface area contributed by atoms with Crippen LogP contribution in [0.15, 0.2) is 132 Å². The number of carbonyl (C=O) groups is 3. The summed E-state index contributed by atoms with van der Waals surface area (Å²) in [6, 6.07) is 35.5. The quantitative estimate of drug-likeness (QED) is 0.0798. The van der Waals surface area contributed by atoms with Crippen molar-refractivity contribution in [1.82, 2.24) is 5.32 Å². The molecule has 5 aromatic carbocycles. The van der Waals surface area contributed by atoms with E-state index < -0.39 is 17.1 Å². The molecule has 51 heavy (non-hydrogen) atoms. The van der Waals surface area contributed by atoms with Gasteiger partial charge in [-0.1, -0.05) is 60.7 Å². The number of ether oxygens (including phenoxy) is 4. The summed E-state index contributed by atoms with van der Waals surface area (Å²) in [7, 11) is 6.10. The highest BCUT2D eigenvalue weighted by Gasteiger charge is 2.24. The number of rotatable bonds is 14. The van der Waals surface area contributed by atoms with Crippen LogP contribution < -0.4 is 34.9 Å². The van der Waals surface area contributed by atoms with Crippen molar-refractivity contribution in [3.63, 3.8) is 0 Å². The molecule has 0 radical (unpaired) electrons. The lowest BCUT2D eigenvalue weighted by atomic mass is 10.1. The minimum absolute atomic E-state index is 0.0114. The van der Waals surface area contributed by atoms with Gasteiger partial charge in [-0.3, -0.25) is 14.4 Å². The van der Waals surface area contributed by atoms with Gasteiger partial charge in [-0.25, -0.2) is 0 Å². The minimum Gasteiger partial charge on any atom is -0.497 e. The number of benzene rings is 5. The van der Waals surface area contributed by atoms with Crippen LogP contribution in [0.1, 0.15) is 26.7 Å². The molecule has 10 nitrogen and oxygen atoms in total. The first kappa shape index (κ1) is 36.1. The number of carbonyl (C=O) groups excluding carboxylic acids is 3. The van der Waals surface area contributed by atoms with Gasteiger partial charge in [-0.05, 0) is 66.2 Å². The van der Waals surface area contributed by atoms with Crippen LogP contribution in [-0.4, -0.2) is 46.2 Å². The number of nitrogens with one attached hydrogen (secondary N) is 3. The summed E-state index contributed by atoms with van der Waals surface area (Å²) in [6.07, 6.45) is 1.53. The van der Waals surface area contributed by atoms with Crippen LogP contribution >= 0.6 is 11.8 Å². The third kappa shape index (κ3) is 9.28. The lowest BCUT2D eigenvalue weighted by Crippen LogP contribution is -2.30. The van der Waals surface area contributed by atoms with E-state index in [9.17, 15) is 14.4 Å². The highest BCUT2D eigenvalue weighted by atomic mass is 32.2. The molecule has 5 rings (SSSR count). The fourth-order valence-electron chi connectivity index (χ4n) is 5.09. The van der Waals surface area contributed by atoms with E-state index in [-0.39, 0.29) is 11.6 Å². The topological polar surface area (TPSA) is 124 Å². The van der Waals surface area contributed by atoms with Crippen LogP contribution in [0.3, 0.4) is 0 Å². The summed E-state index contributed by atoms with van der Waals surface area (Å²) >= 11 is 1.35. The second kappa shape index (κ2) is 17.5. The van der Waals surface area contributed by atoms with Crippen LogP contribution in [0.25, 0.3) is 6.08 Å². The molecule has 0 heterocycles. The number of anilines is 2. The predicted molar refractivity (Wildman–Crippen MR) is 200 cm³/mol. The maximum atomic E-state index is 13.8. The Morgan fingerprint density at radius 2 is 1.35 bits per heavy atom. The highest BCUT2D eigenvalue weighted by Crippen LogP contribution is 2.38. The van der Waals surface area contributed by atoms with Gasteiger partial charge in [-0.15, -0.1) is 11.8 Å². The van der Waals surface area contributed by atoms with Crippen LogP contribution in [-0.2, 0) is 9.59 Å². The summed E-state index contributed by atoms with van der Waals surface area (Å²) in [4.78, 5) is 41.4. The van der Waals surface area contributed by atoms with Crippen molar-refractivity contribution in [2.45, 2.75) is 10.1 Å². The normalized spacial score (nSPS) is 11.5. The molecule has 0 fully saturated rings. The van der Waals surface area contributed by atoms with Gasteiger partial charge in [0.05, 0.1) is 34.1 Å². The molecule has 0 saturated carbocycles. The van der Waals surface area contributed by atoms with Gasteiger partial charge in [0.2, 0.25) is 5.91 Å². The van der Waals surface area contributed by atoms with Gasteiger partial charge in [0.15, 0.2) is 11.5 Å². The van der Waals surface area contributed by atoms with Crippen molar-refractivity contribution in [1.29, 1.82) is 0 Å². The molecule has 0 spiro atoms. The number of amides is 3. The Kier molecular flexibility index (Phi) is 12.4. The number of thioether (sulfide) groups is 1. The maximum absolute atomic E-state index is 13.8. The predicted octanol–water partition coefficient (Wildman–Crippen LogP) is 7.60. The summed E-state index contributed by atoms with van der Waals surface area (Å²) in [5, 5.41) is 7.98.